The number of anilines is 1. The van der Waals surface area contributed by atoms with Crippen LogP contribution in [0.2, 0.25) is 5.02 Å². The highest BCUT2D eigenvalue weighted by Gasteiger charge is 2.15. The summed E-state index contributed by atoms with van der Waals surface area (Å²) in [4.78, 5) is 12.4. The Kier molecular flexibility index (Phi) is 5.41. The first-order chi connectivity index (χ1) is 12.5. The third kappa shape index (κ3) is 4.13. The fraction of sp³-hybridized carbons (Fsp3) is 0.412. The van der Waals surface area contributed by atoms with Crippen LogP contribution in [0.1, 0.15) is 25.1 Å². The number of hydrogen-bond acceptors (Lipinski definition) is 4. The number of rotatable bonds is 7. The van der Waals surface area contributed by atoms with Crippen molar-refractivity contribution in [1.29, 1.82) is 0 Å². The Morgan fingerprint density at radius 1 is 1.19 bits per heavy atom. The molecule has 1 unspecified atom stereocenters. The molecule has 1 N–H and O–H groups in total. The van der Waals surface area contributed by atoms with Gasteiger partial charge < -0.3 is 5.32 Å². The molecule has 0 aliphatic heterocycles. The number of hydrogen-bond donors (Lipinski definition) is 1. The Morgan fingerprint density at radius 2 is 1.96 bits per heavy atom. The monoisotopic (exact) mass is 375 g/mol. The van der Waals surface area contributed by atoms with Crippen molar-refractivity contribution in [2.24, 2.45) is 5.92 Å². The minimum atomic E-state index is -0.251. The first kappa shape index (κ1) is 18.2. The van der Waals surface area contributed by atoms with Gasteiger partial charge in [-0.2, -0.15) is 15.3 Å². The molecule has 0 saturated carbocycles. The lowest BCUT2D eigenvalue weighted by molar-refractivity contribution is -0.119. The van der Waals surface area contributed by atoms with Crippen molar-refractivity contribution < 1.29 is 4.79 Å². The predicted octanol–water partition coefficient (Wildman–Crippen LogP) is 2.58. The molecule has 0 aromatic carbocycles. The van der Waals surface area contributed by atoms with Crippen LogP contribution in [0.25, 0.3) is 0 Å². The van der Waals surface area contributed by atoms with E-state index in [1.807, 2.05) is 30.9 Å². The zero-order valence-corrected chi connectivity index (χ0v) is 15.8. The van der Waals surface area contributed by atoms with Crippen molar-refractivity contribution in [2.75, 3.05) is 5.32 Å². The number of amides is 1. The van der Waals surface area contributed by atoms with Crippen molar-refractivity contribution in [3.8, 4) is 0 Å². The minimum absolute atomic E-state index is 0.0915. The molecule has 0 aliphatic rings. The molecule has 138 valence electrons. The summed E-state index contributed by atoms with van der Waals surface area (Å²) >= 11 is 5.84. The van der Waals surface area contributed by atoms with Crippen LogP contribution in [0.15, 0.2) is 31.0 Å². The standard InChI is InChI=1S/C17H22ClN7O/c1-4-25-13(3)14(5-21-25)9-24-11-16(7-20-24)22-17(26)12(2)8-23-10-15(18)6-19-23/h5-7,10-12H,4,8-9H2,1-3H3,(H,22,26). The second-order valence-corrected chi connectivity index (χ2v) is 6.70. The number of nitrogens with one attached hydrogen (secondary N) is 1. The molecule has 3 aromatic heterocycles. The summed E-state index contributed by atoms with van der Waals surface area (Å²) in [6, 6.07) is 0. The average Bonchev–Trinajstić information content (AvgIpc) is 3.30. The summed E-state index contributed by atoms with van der Waals surface area (Å²) in [6.07, 6.45) is 8.57. The first-order valence-electron chi connectivity index (χ1n) is 8.48. The van der Waals surface area contributed by atoms with E-state index in [1.165, 1.54) is 0 Å². The molecule has 0 fully saturated rings. The molecule has 26 heavy (non-hydrogen) atoms. The molecule has 0 spiro atoms. The van der Waals surface area contributed by atoms with E-state index in [-0.39, 0.29) is 11.8 Å². The van der Waals surface area contributed by atoms with Crippen LogP contribution < -0.4 is 5.32 Å². The van der Waals surface area contributed by atoms with E-state index in [4.69, 9.17) is 11.6 Å². The SMILES string of the molecule is CCn1ncc(Cn2cc(NC(=O)C(C)Cn3cc(Cl)cn3)cn2)c1C. The zero-order valence-electron chi connectivity index (χ0n) is 15.1. The first-order valence-corrected chi connectivity index (χ1v) is 8.86. The van der Waals surface area contributed by atoms with Crippen LogP contribution >= 0.6 is 11.6 Å². The molecule has 9 heteroatoms. The van der Waals surface area contributed by atoms with E-state index in [9.17, 15) is 4.79 Å². The van der Waals surface area contributed by atoms with Gasteiger partial charge in [0.1, 0.15) is 0 Å². The third-order valence-electron chi connectivity index (χ3n) is 4.25. The van der Waals surface area contributed by atoms with Gasteiger partial charge >= 0.3 is 0 Å². The van der Waals surface area contributed by atoms with Gasteiger partial charge in [0, 0.05) is 30.2 Å². The lowest BCUT2D eigenvalue weighted by Crippen LogP contribution is -2.24. The highest BCUT2D eigenvalue weighted by atomic mass is 35.5. The lowest BCUT2D eigenvalue weighted by Gasteiger charge is -2.11. The Labute approximate surface area is 156 Å². The number of nitrogens with zero attached hydrogens (tertiary/aromatic N) is 6. The largest absolute Gasteiger partial charge is 0.323 e. The molecule has 3 aromatic rings. The highest BCUT2D eigenvalue weighted by Crippen LogP contribution is 2.13. The zero-order chi connectivity index (χ0) is 18.7. The van der Waals surface area contributed by atoms with E-state index in [2.05, 4.69) is 27.5 Å². The van der Waals surface area contributed by atoms with Gasteiger partial charge in [-0.05, 0) is 13.8 Å². The average molecular weight is 376 g/mol. The van der Waals surface area contributed by atoms with Gasteiger partial charge in [0.2, 0.25) is 5.91 Å². The summed E-state index contributed by atoms with van der Waals surface area (Å²) in [5.74, 6) is -0.342. The van der Waals surface area contributed by atoms with E-state index in [0.717, 1.165) is 17.8 Å². The molecule has 0 aliphatic carbocycles. The number of carbonyl (C=O) groups is 1. The van der Waals surface area contributed by atoms with Crippen LogP contribution in [0.3, 0.4) is 0 Å². The molecular formula is C17H22ClN7O. The Morgan fingerprint density at radius 3 is 2.62 bits per heavy atom. The van der Waals surface area contributed by atoms with Crippen LogP contribution in [0.4, 0.5) is 5.69 Å². The molecule has 0 saturated heterocycles. The predicted molar refractivity (Wildman–Crippen MR) is 99.0 cm³/mol. The summed E-state index contributed by atoms with van der Waals surface area (Å²) in [5, 5.41) is 16.2. The Bertz CT molecular complexity index is 895. The molecule has 8 nitrogen and oxygen atoms in total. The number of halogens is 1. The fourth-order valence-corrected chi connectivity index (χ4v) is 2.87. The molecule has 3 rings (SSSR count). The van der Waals surface area contributed by atoms with Crippen molar-refractivity contribution in [3.63, 3.8) is 0 Å². The van der Waals surface area contributed by atoms with Crippen LogP contribution in [0, 0.1) is 12.8 Å². The molecular weight excluding hydrogens is 354 g/mol. The smallest absolute Gasteiger partial charge is 0.229 e. The molecule has 3 heterocycles. The van der Waals surface area contributed by atoms with Gasteiger partial charge in [-0.3, -0.25) is 18.8 Å². The highest BCUT2D eigenvalue weighted by molar-refractivity contribution is 6.30. The summed E-state index contributed by atoms with van der Waals surface area (Å²) in [7, 11) is 0. The van der Waals surface area contributed by atoms with Gasteiger partial charge in [0.15, 0.2) is 0 Å². The maximum Gasteiger partial charge on any atom is 0.229 e. The number of carbonyl (C=O) groups excluding carboxylic acids is 1. The number of aryl methyl sites for hydroxylation is 1. The van der Waals surface area contributed by atoms with Crippen molar-refractivity contribution in [1.82, 2.24) is 29.3 Å². The second-order valence-electron chi connectivity index (χ2n) is 6.27. The van der Waals surface area contributed by atoms with Gasteiger partial charge in [-0.1, -0.05) is 18.5 Å². The quantitative estimate of drug-likeness (QED) is 0.688. The summed E-state index contributed by atoms with van der Waals surface area (Å²) in [6.45, 7) is 7.86. The van der Waals surface area contributed by atoms with Crippen molar-refractivity contribution >= 4 is 23.2 Å². The van der Waals surface area contributed by atoms with Gasteiger partial charge in [0.05, 0.1) is 48.3 Å². The maximum atomic E-state index is 12.4. The van der Waals surface area contributed by atoms with Crippen LogP contribution in [-0.2, 0) is 24.4 Å². The Hall–Kier alpha value is -2.61. The van der Waals surface area contributed by atoms with E-state index >= 15 is 0 Å². The summed E-state index contributed by atoms with van der Waals surface area (Å²) < 4.78 is 5.40. The van der Waals surface area contributed by atoms with Crippen LogP contribution in [-0.4, -0.2) is 35.2 Å². The molecule has 1 atom stereocenters. The second kappa shape index (κ2) is 7.74. The maximum absolute atomic E-state index is 12.4. The summed E-state index contributed by atoms with van der Waals surface area (Å²) in [5.41, 5.74) is 2.90. The van der Waals surface area contributed by atoms with E-state index in [1.54, 1.807) is 28.0 Å². The van der Waals surface area contributed by atoms with E-state index < -0.39 is 0 Å². The van der Waals surface area contributed by atoms with Crippen LogP contribution in [0.5, 0.6) is 0 Å². The Balaban J connectivity index is 1.58. The van der Waals surface area contributed by atoms with Gasteiger partial charge in [-0.25, -0.2) is 0 Å². The molecule has 1 amide bonds. The third-order valence-corrected chi connectivity index (χ3v) is 4.44. The van der Waals surface area contributed by atoms with Crippen molar-refractivity contribution in [2.45, 2.75) is 40.4 Å². The van der Waals surface area contributed by atoms with Gasteiger partial charge in [0.25, 0.3) is 0 Å². The topological polar surface area (TPSA) is 82.6 Å². The molecule has 0 radical (unpaired) electrons. The van der Waals surface area contributed by atoms with E-state index in [0.29, 0.717) is 23.8 Å². The van der Waals surface area contributed by atoms with Gasteiger partial charge in [-0.15, -0.1) is 0 Å². The fourth-order valence-electron chi connectivity index (χ4n) is 2.72. The lowest BCUT2D eigenvalue weighted by atomic mass is 10.1. The van der Waals surface area contributed by atoms with Crippen molar-refractivity contribution in [3.05, 3.63) is 47.3 Å². The minimum Gasteiger partial charge on any atom is -0.323 e. The normalized spacial score (nSPS) is 12.3. The molecule has 0 bridgehead atoms. The number of aromatic nitrogens is 6.